The zero-order valence-corrected chi connectivity index (χ0v) is 12.4. The highest BCUT2D eigenvalue weighted by Gasteiger charge is 2.21. The van der Waals surface area contributed by atoms with Gasteiger partial charge in [0.2, 0.25) is 0 Å². The van der Waals surface area contributed by atoms with Gasteiger partial charge in [-0.05, 0) is 30.2 Å². The Morgan fingerprint density at radius 3 is 2.74 bits per heavy atom. The van der Waals surface area contributed by atoms with Crippen LogP contribution in [0.5, 0.6) is 0 Å². The molecule has 0 spiro atoms. The maximum atomic E-state index is 13.1. The molecule has 1 aromatic carbocycles. The monoisotopic (exact) mass is 343 g/mol. The van der Waals surface area contributed by atoms with E-state index in [4.69, 9.17) is 10.8 Å². The second kappa shape index (κ2) is 5.30. The van der Waals surface area contributed by atoms with Crippen LogP contribution in [0.25, 0.3) is 10.4 Å². The van der Waals surface area contributed by atoms with Crippen LogP contribution in [0.4, 0.5) is 10.1 Å². The molecule has 0 aliphatic heterocycles. The summed E-state index contributed by atoms with van der Waals surface area (Å²) < 4.78 is 13.7. The van der Waals surface area contributed by atoms with E-state index in [-0.39, 0.29) is 10.7 Å². The number of hydrogen-bond acceptors (Lipinski definition) is 3. The van der Waals surface area contributed by atoms with Gasteiger partial charge in [-0.3, -0.25) is 0 Å². The molecular weight excluding hydrogens is 333 g/mol. The number of halogens is 2. The van der Waals surface area contributed by atoms with Crippen LogP contribution in [0.3, 0.4) is 0 Å². The number of rotatable bonds is 3. The normalized spacial score (nSPS) is 10.7. The second-order valence-electron chi connectivity index (χ2n) is 3.94. The Balaban J connectivity index is 2.68. The van der Waals surface area contributed by atoms with Crippen molar-refractivity contribution in [1.82, 2.24) is 0 Å². The number of benzene rings is 1. The molecule has 0 saturated heterocycles. The number of anilines is 1. The molecule has 3 N–H and O–H groups in total. The summed E-state index contributed by atoms with van der Waals surface area (Å²) in [4.78, 5) is 12.0. The van der Waals surface area contributed by atoms with E-state index in [2.05, 4.69) is 15.9 Å². The first-order valence-corrected chi connectivity index (χ1v) is 7.16. The number of nitrogens with two attached hydrogens (primary N) is 1. The molecule has 6 heteroatoms. The van der Waals surface area contributed by atoms with E-state index < -0.39 is 5.97 Å². The first-order chi connectivity index (χ1) is 8.95. The number of carbonyl (C=O) groups is 1. The van der Waals surface area contributed by atoms with E-state index in [1.165, 1.54) is 12.1 Å². The molecule has 2 rings (SSSR count). The van der Waals surface area contributed by atoms with Crippen LogP contribution < -0.4 is 5.73 Å². The molecule has 0 fully saturated rings. The van der Waals surface area contributed by atoms with Gasteiger partial charge in [-0.2, -0.15) is 0 Å². The van der Waals surface area contributed by atoms with Crippen molar-refractivity contribution in [1.29, 1.82) is 0 Å². The topological polar surface area (TPSA) is 63.3 Å². The Kier molecular flexibility index (Phi) is 3.91. The number of thiophene rings is 1. The molecule has 0 unspecified atom stereocenters. The highest BCUT2D eigenvalue weighted by molar-refractivity contribution is 9.10. The van der Waals surface area contributed by atoms with Gasteiger partial charge in [-0.25, -0.2) is 9.18 Å². The van der Waals surface area contributed by atoms with Crippen LogP contribution in [-0.2, 0) is 6.42 Å². The molecule has 0 saturated carbocycles. The van der Waals surface area contributed by atoms with Crippen molar-refractivity contribution < 1.29 is 14.3 Å². The fraction of sp³-hybridized carbons (Fsp3) is 0.154. The highest BCUT2D eigenvalue weighted by Crippen LogP contribution is 2.41. The number of nitrogen functional groups attached to an aromatic ring is 1. The van der Waals surface area contributed by atoms with E-state index in [1.807, 2.05) is 6.92 Å². The van der Waals surface area contributed by atoms with Crippen LogP contribution in [-0.4, -0.2) is 11.1 Å². The summed E-state index contributed by atoms with van der Waals surface area (Å²) >= 11 is 4.41. The summed E-state index contributed by atoms with van der Waals surface area (Å²) in [5, 5.41) is 9.12. The molecule has 0 atom stereocenters. The molecule has 0 aliphatic carbocycles. The van der Waals surface area contributed by atoms with Gasteiger partial charge < -0.3 is 10.8 Å². The number of hydrogen-bond donors (Lipinski definition) is 2. The van der Waals surface area contributed by atoms with E-state index in [0.29, 0.717) is 16.6 Å². The molecule has 1 aromatic heterocycles. The largest absolute Gasteiger partial charge is 0.477 e. The SMILES string of the molecule is CCc1c(-c2ccc(F)cc2Br)sc(C(=O)O)c1N. The number of carboxylic acid groups (broad SMARTS) is 1. The van der Waals surface area contributed by atoms with Crippen molar-refractivity contribution in [3.8, 4) is 10.4 Å². The quantitative estimate of drug-likeness (QED) is 0.879. The van der Waals surface area contributed by atoms with E-state index in [9.17, 15) is 9.18 Å². The lowest BCUT2D eigenvalue weighted by atomic mass is 10.1. The van der Waals surface area contributed by atoms with Crippen molar-refractivity contribution in [2.75, 3.05) is 5.73 Å². The maximum absolute atomic E-state index is 13.1. The van der Waals surface area contributed by atoms with Gasteiger partial charge in [-0.15, -0.1) is 11.3 Å². The zero-order valence-electron chi connectivity index (χ0n) is 10.0. The number of aromatic carboxylic acids is 1. The second-order valence-corrected chi connectivity index (χ2v) is 5.81. The fourth-order valence-corrected chi connectivity index (χ4v) is 3.75. The van der Waals surface area contributed by atoms with Gasteiger partial charge in [0.15, 0.2) is 0 Å². The molecule has 3 nitrogen and oxygen atoms in total. The third kappa shape index (κ3) is 2.50. The van der Waals surface area contributed by atoms with Gasteiger partial charge in [0.05, 0.1) is 5.69 Å². The van der Waals surface area contributed by atoms with Crippen molar-refractivity contribution >= 4 is 38.9 Å². The minimum Gasteiger partial charge on any atom is -0.477 e. The lowest BCUT2D eigenvalue weighted by Gasteiger charge is -2.05. The third-order valence-corrected chi connectivity index (χ3v) is 4.70. The van der Waals surface area contributed by atoms with Crippen molar-refractivity contribution in [2.24, 2.45) is 0 Å². The molecule has 2 aromatic rings. The van der Waals surface area contributed by atoms with Gasteiger partial charge in [0.1, 0.15) is 10.7 Å². The predicted molar refractivity (Wildman–Crippen MR) is 78.2 cm³/mol. The number of carboxylic acids is 1. The minimum absolute atomic E-state index is 0.128. The summed E-state index contributed by atoms with van der Waals surface area (Å²) in [7, 11) is 0. The van der Waals surface area contributed by atoms with Crippen molar-refractivity contribution in [3.05, 3.63) is 38.9 Å². The average Bonchev–Trinajstić information content (AvgIpc) is 2.66. The standard InChI is InChI=1S/C13H11BrFNO2S/c1-2-7-10(16)12(13(17)18)19-11(7)8-4-3-6(15)5-9(8)14/h3-5H,2,16H2,1H3,(H,17,18). The van der Waals surface area contributed by atoms with Gasteiger partial charge in [-0.1, -0.05) is 22.9 Å². The summed E-state index contributed by atoms with van der Waals surface area (Å²) in [6, 6.07) is 4.32. The fourth-order valence-electron chi connectivity index (χ4n) is 1.88. The Labute approximate surface area is 122 Å². The van der Waals surface area contributed by atoms with Gasteiger partial charge >= 0.3 is 5.97 Å². The predicted octanol–water partition coefficient (Wildman–Crippen LogP) is 4.16. The summed E-state index contributed by atoms with van der Waals surface area (Å²) in [5.41, 5.74) is 7.71. The third-order valence-electron chi connectivity index (χ3n) is 2.77. The first-order valence-electron chi connectivity index (χ1n) is 5.55. The van der Waals surface area contributed by atoms with Crippen LogP contribution in [0, 0.1) is 5.82 Å². The molecule has 100 valence electrons. The maximum Gasteiger partial charge on any atom is 0.348 e. The van der Waals surface area contributed by atoms with E-state index in [0.717, 1.165) is 27.3 Å². The van der Waals surface area contributed by atoms with E-state index in [1.54, 1.807) is 6.07 Å². The molecule has 0 aliphatic rings. The van der Waals surface area contributed by atoms with Crippen LogP contribution in [0.15, 0.2) is 22.7 Å². The smallest absolute Gasteiger partial charge is 0.348 e. The molecule has 0 radical (unpaired) electrons. The first kappa shape index (κ1) is 14.0. The van der Waals surface area contributed by atoms with Crippen LogP contribution in [0.1, 0.15) is 22.2 Å². The van der Waals surface area contributed by atoms with Gasteiger partial charge in [0, 0.05) is 14.9 Å². The van der Waals surface area contributed by atoms with E-state index >= 15 is 0 Å². The average molecular weight is 344 g/mol. The molecule has 1 heterocycles. The Bertz CT molecular complexity index is 654. The molecule has 0 bridgehead atoms. The minimum atomic E-state index is -1.04. The highest BCUT2D eigenvalue weighted by atomic mass is 79.9. The lowest BCUT2D eigenvalue weighted by Crippen LogP contribution is -1.99. The molecule has 0 amide bonds. The zero-order chi connectivity index (χ0) is 14.2. The summed E-state index contributed by atoms with van der Waals surface area (Å²) in [6.07, 6.45) is 0.620. The Hall–Kier alpha value is -1.40. The van der Waals surface area contributed by atoms with Crippen LogP contribution in [0.2, 0.25) is 0 Å². The molecular formula is C13H11BrFNO2S. The molecule has 19 heavy (non-hydrogen) atoms. The van der Waals surface area contributed by atoms with Crippen molar-refractivity contribution in [3.63, 3.8) is 0 Å². The van der Waals surface area contributed by atoms with Crippen molar-refractivity contribution in [2.45, 2.75) is 13.3 Å². The summed E-state index contributed by atoms with van der Waals surface area (Å²) in [6.45, 7) is 1.91. The van der Waals surface area contributed by atoms with Crippen LogP contribution >= 0.6 is 27.3 Å². The van der Waals surface area contributed by atoms with Gasteiger partial charge in [0.25, 0.3) is 0 Å². The Morgan fingerprint density at radius 1 is 1.53 bits per heavy atom. The lowest BCUT2D eigenvalue weighted by molar-refractivity contribution is 0.0703. The summed E-state index contributed by atoms with van der Waals surface area (Å²) in [5.74, 6) is -1.39. The Morgan fingerprint density at radius 2 is 2.21 bits per heavy atom.